The van der Waals surface area contributed by atoms with Crippen molar-refractivity contribution in [3.05, 3.63) is 42.4 Å². The molecule has 0 aliphatic carbocycles. The van der Waals surface area contributed by atoms with E-state index in [4.69, 9.17) is 10.5 Å². The number of hydrogen-bond donors (Lipinski definition) is 2. The van der Waals surface area contributed by atoms with Gasteiger partial charge >= 0.3 is 0 Å². The fourth-order valence-corrected chi connectivity index (χ4v) is 2.31. The third-order valence-corrected chi connectivity index (χ3v) is 3.26. The smallest absolute Gasteiger partial charge is 0.221 e. The molecule has 0 spiro atoms. The lowest BCUT2D eigenvalue weighted by atomic mass is 10.1. The molecule has 3 N–H and O–H groups in total. The van der Waals surface area contributed by atoms with Crippen LogP contribution >= 0.6 is 0 Å². The molecule has 0 radical (unpaired) electrons. The Labute approximate surface area is 121 Å². The van der Waals surface area contributed by atoms with Crippen molar-refractivity contribution in [2.24, 2.45) is 5.73 Å². The van der Waals surface area contributed by atoms with E-state index in [9.17, 15) is 4.79 Å². The van der Waals surface area contributed by atoms with Gasteiger partial charge < -0.3 is 15.5 Å². The average molecular weight is 282 g/mol. The summed E-state index contributed by atoms with van der Waals surface area (Å²) in [5.74, 6) is 0.158. The first-order valence-electron chi connectivity index (χ1n) is 6.42. The molecule has 21 heavy (non-hydrogen) atoms. The van der Waals surface area contributed by atoms with E-state index in [0.717, 1.165) is 27.7 Å². The number of H-pyrrole nitrogens is 1. The highest BCUT2D eigenvalue weighted by Gasteiger charge is 2.11. The second-order valence-corrected chi connectivity index (χ2v) is 4.64. The zero-order chi connectivity index (χ0) is 14.8. The van der Waals surface area contributed by atoms with Crippen LogP contribution in [-0.2, 0) is 11.2 Å². The van der Waals surface area contributed by atoms with Gasteiger partial charge in [0, 0.05) is 35.1 Å². The molecule has 0 fully saturated rings. The summed E-state index contributed by atoms with van der Waals surface area (Å²) in [5.41, 5.74) is 8.54. The first kappa shape index (κ1) is 13.1. The van der Waals surface area contributed by atoms with E-state index in [-0.39, 0.29) is 12.3 Å². The van der Waals surface area contributed by atoms with Gasteiger partial charge in [-0.2, -0.15) is 0 Å². The van der Waals surface area contributed by atoms with E-state index in [0.29, 0.717) is 5.88 Å². The SMILES string of the molecule is COc1ncccc1-c1cnc2[nH]cc(CC(N)=O)c2c1. The summed E-state index contributed by atoms with van der Waals surface area (Å²) in [6.07, 6.45) is 5.34. The van der Waals surface area contributed by atoms with Gasteiger partial charge in [-0.1, -0.05) is 0 Å². The standard InChI is InChI=1S/C15H14N4O2/c1-21-15-11(3-2-4-17-15)9-5-12-10(6-13(16)20)8-19-14(12)18-7-9/h2-5,7-8H,6H2,1H3,(H2,16,20)(H,18,19). The number of fused-ring (bicyclic) bond motifs is 1. The third-order valence-electron chi connectivity index (χ3n) is 3.26. The van der Waals surface area contributed by atoms with Crippen LogP contribution in [0.25, 0.3) is 22.2 Å². The van der Waals surface area contributed by atoms with Crippen LogP contribution in [0.1, 0.15) is 5.56 Å². The van der Waals surface area contributed by atoms with Crippen LogP contribution in [0.2, 0.25) is 0 Å². The molecule has 0 unspecified atom stereocenters. The number of carbonyl (C=O) groups is 1. The Kier molecular flexibility index (Phi) is 3.27. The van der Waals surface area contributed by atoms with Crippen molar-refractivity contribution in [1.82, 2.24) is 15.0 Å². The molecule has 0 bridgehead atoms. The number of aromatic nitrogens is 3. The van der Waals surface area contributed by atoms with Crippen molar-refractivity contribution >= 4 is 16.9 Å². The molecule has 3 heterocycles. The summed E-state index contributed by atoms with van der Waals surface area (Å²) in [6, 6.07) is 5.70. The number of nitrogens with one attached hydrogen (secondary N) is 1. The van der Waals surface area contributed by atoms with Gasteiger partial charge in [0.2, 0.25) is 11.8 Å². The van der Waals surface area contributed by atoms with Crippen LogP contribution < -0.4 is 10.5 Å². The fraction of sp³-hybridized carbons (Fsp3) is 0.133. The third kappa shape index (κ3) is 2.43. The van der Waals surface area contributed by atoms with Gasteiger partial charge in [-0.25, -0.2) is 9.97 Å². The Bertz CT molecular complexity index is 810. The number of pyridine rings is 2. The van der Waals surface area contributed by atoms with E-state index >= 15 is 0 Å². The molecule has 3 aromatic heterocycles. The number of nitrogens with zero attached hydrogens (tertiary/aromatic N) is 2. The number of amides is 1. The Morgan fingerprint density at radius 3 is 3.05 bits per heavy atom. The summed E-state index contributed by atoms with van der Waals surface area (Å²) in [7, 11) is 1.58. The highest BCUT2D eigenvalue weighted by atomic mass is 16.5. The number of nitrogens with two attached hydrogens (primary N) is 1. The van der Waals surface area contributed by atoms with Gasteiger partial charge in [0.05, 0.1) is 13.5 Å². The fourth-order valence-electron chi connectivity index (χ4n) is 2.31. The topological polar surface area (TPSA) is 93.9 Å². The molecule has 0 aliphatic heterocycles. The Morgan fingerprint density at radius 1 is 1.43 bits per heavy atom. The minimum Gasteiger partial charge on any atom is -0.481 e. The average Bonchev–Trinajstić information content (AvgIpc) is 2.89. The lowest BCUT2D eigenvalue weighted by molar-refractivity contribution is -0.117. The van der Waals surface area contributed by atoms with Crippen molar-refractivity contribution in [2.75, 3.05) is 7.11 Å². The van der Waals surface area contributed by atoms with Gasteiger partial charge in [0.15, 0.2) is 0 Å². The van der Waals surface area contributed by atoms with Gasteiger partial charge in [-0.05, 0) is 23.8 Å². The number of primary amides is 1. The van der Waals surface area contributed by atoms with Crippen LogP contribution in [0.4, 0.5) is 0 Å². The van der Waals surface area contributed by atoms with Crippen molar-refractivity contribution in [1.29, 1.82) is 0 Å². The molecule has 0 aromatic carbocycles. The van der Waals surface area contributed by atoms with Gasteiger partial charge in [-0.3, -0.25) is 4.79 Å². The summed E-state index contributed by atoms with van der Waals surface area (Å²) in [6.45, 7) is 0. The minimum absolute atomic E-state index is 0.176. The monoisotopic (exact) mass is 282 g/mol. The Balaban J connectivity index is 2.13. The normalized spacial score (nSPS) is 10.7. The number of aromatic amines is 1. The van der Waals surface area contributed by atoms with E-state index in [1.807, 2.05) is 18.2 Å². The lowest BCUT2D eigenvalue weighted by Crippen LogP contribution is -2.13. The van der Waals surface area contributed by atoms with Crippen molar-refractivity contribution < 1.29 is 9.53 Å². The predicted molar refractivity (Wildman–Crippen MR) is 78.8 cm³/mol. The predicted octanol–water partition coefficient (Wildman–Crippen LogP) is 1.66. The molecule has 6 nitrogen and oxygen atoms in total. The zero-order valence-corrected chi connectivity index (χ0v) is 11.5. The van der Waals surface area contributed by atoms with Gasteiger partial charge in [0.25, 0.3) is 0 Å². The lowest BCUT2D eigenvalue weighted by Gasteiger charge is -2.07. The number of rotatable bonds is 4. The van der Waals surface area contributed by atoms with Gasteiger partial charge in [0.1, 0.15) is 5.65 Å². The van der Waals surface area contributed by atoms with Crippen LogP contribution in [0.5, 0.6) is 5.88 Å². The van der Waals surface area contributed by atoms with E-state index in [1.54, 1.807) is 25.7 Å². The molecule has 1 amide bonds. The summed E-state index contributed by atoms with van der Waals surface area (Å²) in [5, 5.41) is 0.872. The first-order valence-corrected chi connectivity index (χ1v) is 6.42. The Hall–Kier alpha value is -2.89. The largest absolute Gasteiger partial charge is 0.481 e. The summed E-state index contributed by atoms with van der Waals surface area (Å²) in [4.78, 5) is 22.7. The molecule has 3 aromatic rings. The molecular weight excluding hydrogens is 268 g/mol. The zero-order valence-electron chi connectivity index (χ0n) is 11.5. The van der Waals surface area contributed by atoms with Crippen LogP contribution in [0, 0.1) is 0 Å². The van der Waals surface area contributed by atoms with Crippen molar-refractivity contribution in [2.45, 2.75) is 6.42 Å². The van der Waals surface area contributed by atoms with Crippen LogP contribution in [0.3, 0.4) is 0 Å². The van der Waals surface area contributed by atoms with Crippen molar-refractivity contribution in [3.63, 3.8) is 0 Å². The second-order valence-electron chi connectivity index (χ2n) is 4.64. The molecule has 0 saturated carbocycles. The second kappa shape index (κ2) is 5.24. The maximum Gasteiger partial charge on any atom is 0.221 e. The highest BCUT2D eigenvalue weighted by molar-refractivity contribution is 5.89. The quantitative estimate of drug-likeness (QED) is 0.761. The molecule has 0 aliphatic rings. The van der Waals surface area contributed by atoms with Crippen LogP contribution in [-0.4, -0.2) is 28.0 Å². The number of carbonyl (C=O) groups excluding carboxylic acids is 1. The summed E-state index contributed by atoms with van der Waals surface area (Å²) < 4.78 is 5.27. The number of ether oxygens (including phenoxy) is 1. The molecule has 6 heteroatoms. The van der Waals surface area contributed by atoms with Crippen molar-refractivity contribution in [3.8, 4) is 17.0 Å². The molecular formula is C15H14N4O2. The maximum absolute atomic E-state index is 11.1. The molecule has 0 saturated heterocycles. The number of hydrogen-bond acceptors (Lipinski definition) is 4. The minimum atomic E-state index is -0.375. The van der Waals surface area contributed by atoms with Gasteiger partial charge in [-0.15, -0.1) is 0 Å². The van der Waals surface area contributed by atoms with E-state index in [1.165, 1.54) is 0 Å². The molecule has 0 atom stereocenters. The molecule has 3 rings (SSSR count). The molecule has 106 valence electrons. The van der Waals surface area contributed by atoms with E-state index in [2.05, 4.69) is 15.0 Å². The maximum atomic E-state index is 11.1. The van der Waals surface area contributed by atoms with Crippen LogP contribution in [0.15, 0.2) is 36.8 Å². The summed E-state index contributed by atoms with van der Waals surface area (Å²) >= 11 is 0. The Morgan fingerprint density at radius 2 is 2.29 bits per heavy atom. The first-order chi connectivity index (χ1) is 10.2. The number of methoxy groups -OCH3 is 1. The highest BCUT2D eigenvalue weighted by Crippen LogP contribution is 2.30. The van der Waals surface area contributed by atoms with E-state index < -0.39 is 0 Å².